The maximum absolute atomic E-state index is 11.7. The number of ether oxygens (including phenoxy) is 3. The maximum Gasteiger partial charge on any atom is 0.345 e. The molecule has 138 valence electrons. The van der Waals surface area contributed by atoms with E-state index in [1.165, 1.54) is 0 Å². The van der Waals surface area contributed by atoms with E-state index in [1.807, 2.05) is 54.6 Å². The van der Waals surface area contributed by atoms with Crippen LogP contribution in [0.4, 0.5) is 0 Å². The lowest BCUT2D eigenvalue weighted by molar-refractivity contribution is -0.145. The molecule has 0 saturated heterocycles. The van der Waals surface area contributed by atoms with Gasteiger partial charge in [0.05, 0.1) is 7.11 Å². The van der Waals surface area contributed by atoms with Gasteiger partial charge >= 0.3 is 5.97 Å². The van der Waals surface area contributed by atoms with E-state index in [-0.39, 0.29) is 6.42 Å². The molecule has 1 atom stereocenters. The summed E-state index contributed by atoms with van der Waals surface area (Å²) in [4.78, 5) is 11.7. The number of hydrogen-bond acceptors (Lipinski definition) is 4. The van der Waals surface area contributed by atoms with Gasteiger partial charge in [-0.1, -0.05) is 42.5 Å². The highest BCUT2D eigenvalue weighted by Gasteiger charge is 2.22. The second-order valence-electron chi connectivity index (χ2n) is 5.85. The molecule has 0 amide bonds. The van der Waals surface area contributed by atoms with Crippen molar-refractivity contribution < 1.29 is 24.1 Å². The van der Waals surface area contributed by atoms with Crippen LogP contribution in [0.15, 0.2) is 78.9 Å². The minimum atomic E-state index is -1.06. The summed E-state index contributed by atoms with van der Waals surface area (Å²) in [5.41, 5.74) is 0.747. The number of carboxylic acid groups (broad SMARTS) is 1. The Labute approximate surface area is 157 Å². The number of benzene rings is 3. The predicted octanol–water partition coefficient (Wildman–Crippen LogP) is 4.56. The molecule has 0 spiro atoms. The molecular formula is C22H20O5. The zero-order valence-electron chi connectivity index (χ0n) is 14.9. The topological polar surface area (TPSA) is 65.0 Å². The van der Waals surface area contributed by atoms with Gasteiger partial charge < -0.3 is 19.3 Å². The highest BCUT2D eigenvalue weighted by molar-refractivity contribution is 5.73. The summed E-state index contributed by atoms with van der Waals surface area (Å²) in [6.07, 6.45) is -0.895. The molecule has 1 unspecified atom stereocenters. The fourth-order valence-electron chi connectivity index (χ4n) is 2.61. The molecule has 27 heavy (non-hydrogen) atoms. The van der Waals surface area contributed by atoms with Crippen molar-refractivity contribution in [3.63, 3.8) is 0 Å². The number of aliphatic carboxylic acids is 1. The third kappa shape index (κ3) is 5.01. The summed E-state index contributed by atoms with van der Waals surface area (Å²) in [7, 11) is 1.55. The van der Waals surface area contributed by atoms with Crippen LogP contribution >= 0.6 is 0 Å². The standard InChI is InChI=1S/C22H20O5/c1-25-18-11-7-12-19(15-18)27-21(22(23)24)14-16-8-5-6-13-20(16)26-17-9-3-2-4-10-17/h2-13,15,21H,14H2,1H3,(H,23,24). The second-order valence-corrected chi connectivity index (χ2v) is 5.85. The fraction of sp³-hybridized carbons (Fsp3) is 0.136. The molecule has 3 aromatic carbocycles. The van der Waals surface area contributed by atoms with E-state index in [0.717, 1.165) is 5.56 Å². The van der Waals surface area contributed by atoms with E-state index in [9.17, 15) is 9.90 Å². The van der Waals surface area contributed by atoms with Crippen LogP contribution in [0.3, 0.4) is 0 Å². The van der Waals surface area contributed by atoms with Gasteiger partial charge in [-0.3, -0.25) is 0 Å². The number of methoxy groups -OCH3 is 1. The van der Waals surface area contributed by atoms with E-state index in [0.29, 0.717) is 23.0 Å². The predicted molar refractivity (Wildman–Crippen MR) is 102 cm³/mol. The Morgan fingerprint density at radius 1 is 0.889 bits per heavy atom. The van der Waals surface area contributed by atoms with E-state index >= 15 is 0 Å². The first-order chi connectivity index (χ1) is 13.2. The van der Waals surface area contributed by atoms with Crippen molar-refractivity contribution in [2.75, 3.05) is 7.11 Å². The van der Waals surface area contributed by atoms with Crippen molar-refractivity contribution in [3.05, 3.63) is 84.4 Å². The summed E-state index contributed by atoms with van der Waals surface area (Å²) >= 11 is 0. The van der Waals surface area contributed by atoms with Crippen molar-refractivity contribution in [1.82, 2.24) is 0 Å². The first kappa shape index (κ1) is 18.3. The molecule has 3 rings (SSSR count). The SMILES string of the molecule is COc1cccc(OC(Cc2ccccc2Oc2ccccc2)C(=O)O)c1. The van der Waals surface area contributed by atoms with Crippen molar-refractivity contribution >= 4 is 5.97 Å². The average Bonchev–Trinajstić information content (AvgIpc) is 2.70. The van der Waals surface area contributed by atoms with Crippen molar-refractivity contribution in [2.45, 2.75) is 12.5 Å². The molecule has 0 aromatic heterocycles. The van der Waals surface area contributed by atoms with Crippen LogP contribution in [0, 0.1) is 0 Å². The van der Waals surface area contributed by atoms with Crippen molar-refractivity contribution in [3.8, 4) is 23.0 Å². The highest BCUT2D eigenvalue weighted by Crippen LogP contribution is 2.27. The molecule has 0 bridgehead atoms. The lowest BCUT2D eigenvalue weighted by atomic mass is 10.1. The summed E-state index contributed by atoms with van der Waals surface area (Å²) in [6.45, 7) is 0. The van der Waals surface area contributed by atoms with Gasteiger partial charge in [0.1, 0.15) is 23.0 Å². The van der Waals surface area contributed by atoms with E-state index in [1.54, 1.807) is 31.4 Å². The molecule has 5 heteroatoms. The zero-order chi connectivity index (χ0) is 19.1. The van der Waals surface area contributed by atoms with Crippen LogP contribution in [0.1, 0.15) is 5.56 Å². The Kier molecular flexibility index (Phi) is 5.94. The average molecular weight is 364 g/mol. The third-order valence-electron chi connectivity index (χ3n) is 3.94. The first-order valence-corrected chi connectivity index (χ1v) is 8.50. The van der Waals surface area contributed by atoms with E-state index in [4.69, 9.17) is 14.2 Å². The number of carbonyl (C=O) groups is 1. The van der Waals surface area contributed by atoms with Crippen molar-refractivity contribution in [2.24, 2.45) is 0 Å². The van der Waals surface area contributed by atoms with Gasteiger partial charge in [-0.15, -0.1) is 0 Å². The minimum absolute atomic E-state index is 0.162. The van der Waals surface area contributed by atoms with Gasteiger partial charge in [0.15, 0.2) is 6.10 Å². The summed E-state index contributed by atoms with van der Waals surface area (Å²) in [6, 6.07) is 23.6. The number of hydrogen-bond donors (Lipinski definition) is 1. The lowest BCUT2D eigenvalue weighted by Crippen LogP contribution is -2.29. The minimum Gasteiger partial charge on any atom is -0.497 e. The van der Waals surface area contributed by atoms with Crippen LogP contribution in [-0.2, 0) is 11.2 Å². The van der Waals surface area contributed by atoms with Gasteiger partial charge in [-0.2, -0.15) is 0 Å². The monoisotopic (exact) mass is 364 g/mol. The van der Waals surface area contributed by atoms with E-state index < -0.39 is 12.1 Å². The molecule has 0 aliphatic carbocycles. The van der Waals surface area contributed by atoms with Gasteiger partial charge in [-0.05, 0) is 35.9 Å². The first-order valence-electron chi connectivity index (χ1n) is 8.50. The molecule has 3 aromatic rings. The normalized spacial score (nSPS) is 11.4. The Morgan fingerprint density at radius 3 is 2.30 bits per heavy atom. The summed E-state index contributed by atoms with van der Waals surface area (Å²) in [5.74, 6) is 1.27. The number of carboxylic acids is 1. The smallest absolute Gasteiger partial charge is 0.345 e. The Hall–Kier alpha value is -3.47. The molecule has 0 aliphatic heterocycles. The number of para-hydroxylation sites is 2. The van der Waals surface area contributed by atoms with Gasteiger partial charge in [0, 0.05) is 12.5 Å². The van der Waals surface area contributed by atoms with E-state index in [2.05, 4.69) is 0 Å². The zero-order valence-corrected chi connectivity index (χ0v) is 14.9. The van der Waals surface area contributed by atoms with Crippen LogP contribution in [0.25, 0.3) is 0 Å². The molecule has 5 nitrogen and oxygen atoms in total. The summed E-state index contributed by atoms with van der Waals surface area (Å²) in [5, 5.41) is 9.61. The second kappa shape index (κ2) is 8.76. The van der Waals surface area contributed by atoms with Crippen LogP contribution in [-0.4, -0.2) is 24.3 Å². The van der Waals surface area contributed by atoms with Crippen molar-refractivity contribution in [1.29, 1.82) is 0 Å². The molecule has 0 fully saturated rings. The van der Waals surface area contributed by atoms with Gasteiger partial charge in [0.2, 0.25) is 0 Å². The molecule has 0 saturated carbocycles. The van der Waals surface area contributed by atoms with Crippen LogP contribution in [0.2, 0.25) is 0 Å². The Bertz CT molecular complexity index is 892. The lowest BCUT2D eigenvalue weighted by Gasteiger charge is -2.18. The molecule has 0 radical (unpaired) electrons. The van der Waals surface area contributed by atoms with Gasteiger partial charge in [-0.25, -0.2) is 4.79 Å². The molecule has 0 heterocycles. The quantitative estimate of drug-likeness (QED) is 0.635. The maximum atomic E-state index is 11.7. The fourth-order valence-corrected chi connectivity index (χ4v) is 2.61. The Balaban J connectivity index is 1.79. The molecular weight excluding hydrogens is 344 g/mol. The summed E-state index contributed by atoms with van der Waals surface area (Å²) < 4.78 is 16.8. The number of rotatable bonds is 8. The third-order valence-corrected chi connectivity index (χ3v) is 3.94. The van der Waals surface area contributed by atoms with Gasteiger partial charge in [0.25, 0.3) is 0 Å². The largest absolute Gasteiger partial charge is 0.497 e. The molecule has 0 aliphatic rings. The van der Waals surface area contributed by atoms with Crippen LogP contribution < -0.4 is 14.2 Å². The highest BCUT2D eigenvalue weighted by atomic mass is 16.5. The molecule has 1 N–H and O–H groups in total. The van der Waals surface area contributed by atoms with Crippen LogP contribution in [0.5, 0.6) is 23.0 Å². The Morgan fingerprint density at radius 2 is 1.56 bits per heavy atom.